The van der Waals surface area contributed by atoms with E-state index in [0.29, 0.717) is 11.5 Å². The van der Waals surface area contributed by atoms with E-state index in [4.69, 9.17) is 18.9 Å². The van der Waals surface area contributed by atoms with Gasteiger partial charge in [0, 0.05) is 0 Å². The average molecular weight is 593 g/mol. The third-order valence-corrected chi connectivity index (χ3v) is 6.63. The lowest BCUT2D eigenvalue weighted by Crippen LogP contribution is -2.19. The summed E-state index contributed by atoms with van der Waals surface area (Å²) in [6.07, 6.45) is 0. The Hall–Kier alpha value is -6.30. The molecule has 2 heterocycles. The highest BCUT2D eigenvalue weighted by atomic mass is 16.5. The molecule has 2 aliphatic rings. The van der Waals surface area contributed by atoms with Crippen LogP contribution in [0, 0.1) is 0 Å². The predicted octanol–water partition coefficient (Wildman–Crippen LogP) is 3.35. The van der Waals surface area contributed by atoms with E-state index in [-0.39, 0.29) is 58.1 Å². The molecular weight excluding hydrogens is 572 g/mol. The molecule has 0 aliphatic carbocycles. The summed E-state index contributed by atoms with van der Waals surface area (Å²) < 4.78 is 22.0. The van der Waals surface area contributed by atoms with Crippen LogP contribution in [-0.4, -0.2) is 48.8 Å². The van der Waals surface area contributed by atoms with Gasteiger partial charge in [-0.05, 0) is 84.9 Å². The van der Waals surface area contributed by atoms with Gasteiger partial charge in [0.2, 0.25) is 0 Å². The molecule has 12 heteroatoms. The van der Waals surface area contributed by atoms with E-state index in [0.717, 1.165) is 0 Å². The summed E-state index contributed by atoms with van der Waals surface area (Å²) in [7, 11) is 0. The number of benzene rings is 4. The van der Waals surface area contributed by atoms with Crippen LogP contribution >= 0.6 is 0 Å². The van der Waals surface area contributed by atoms with Gasteiger partial charge in [-0.2, -0.15) is 0 Å². The molecule has 0 saturated carbocycles. The maximum absolute atomic E-state index is 12.5. The van der Waals surface area contributed by atoms with E-state index in [1.54, 1.807) is 48.5 Å². The SMILES string of the molecule is O=C(Oc1ccc(OCCOc2ccc(OC(=O)c3ccc4c(c3)C(=O)NC4=O)cc2)cc1)c1ccc2c(c1)C(=O)NC2=O. The Kier molecular flexibility index (Phi) is 7.30. The molecule has 4 aromatic rings. The largest absolute Gasteiger partial charge is 0.490 e. The first-order valence-corrected chi connectivity index (χ1v) is 13.1. The topological polar surface area (TPSA) is 163 Å². The van der Waals surface area contributed by atoms with Crippen molar-refractivity contribution in [1.29, 1.82) is 0 Å². The lowest BCUT2D eigenvalue weighted by atomic mass is 10.1. The second-order valence-electron chi connectivity index (χ2n) is 9.51. The molecular formula is C32H20N2O10. The Morgan fingerprint density at radius 2 is 0.795 bits per heavy atom. The van der Waals surface area contributed by atoms with E-state index in [1.807, 2.05) is 0 Å². The number of esters is 2. The highest BCUT2D eigenvalue weighted by Crippen LogP contribution is 2.23. The second kappa shape index (κ2) is 11.5. The van der Waals surface area contributed by atoms with Gasteiger partial charge in [-0.3, -0.25) is 29.8 Å². The van der Waals surface area contributed by atoms with E-state index < -0.39 is 35.6 Å². The van der Waals surface area contributed by atoms with E-state index in [2.05, 4.69) is 10.6 Å². The number of rotatable bonds is 9. The fraction of sp³-hybridized carbons (Fsp3) is 0.0625. The third kappa shape index (κ3) is 5.72. The zero-order valence-electron chi connectivity index (χ0n) is 22.6. The van der Waals surface area contributed by atoms with Crippen LogP contribution in [0.4, 0.5) is 0 Å². The van der Waals surface area contributed by atoms with E-state index >= 15 is 0 Å². The average Bonchev–Trinajstić information content (AvgIpc) is 3.48. The van der Waals surface area contributed by atoms with E-state index in [9.17, 15) is 28.8 Å². The summed E-state index contributed by atoms with van der Waals surface area (Å²) in [5.74, 6) is -1.95. The molecule has 44 heavy (non-hydrogen) atoms. The van der Waals surface area contributed by atoms with Crippen molar-refractivity contribution in [3.63, 3.8) is 0 Å². The second-order valence-corrected chi connectivity index (χ2v) is 9.51. The van der Waals surface area contributed by atoms with Crippen molar-refractivity contribution in [1.82, 2.24) is 10.6 Å². The van der Waals surface area contributed by atoms with Crippen LogP contribution < -0.4 is 29.6 Å². The number of hydrogen-bond donors (Lipinski definition) is 2. The zero-order chi connectivity index (χ0) is 30.8. The van der Waals surface area contributed by atoms with Crippen molar-refractivity contribution >= 4 is 35.6 Å². The molecule has 6 rings (SSSR count). The first-order valence-electron chi connectivity index (χ1n) is 13.1. The Morgan fingerprint density at radius 1 is 0.455 bits per heavy atom. The van der Waals surface area contributed by atoms with Crippen LogP contribution in [0.5, 0.6) is 23.0 Å². The number of ether oxygens (including phenoxy) is 4. The minimum absolute atomic E-state index is 0.124. The van der Waals surface area contributed by atoms with Gasteiger partial charge in [-0.15, -0.1) is 0 Å². The fourth-order valence-electron chi connectivity index (χ4n) is 4.45. The standard InChI is InChI=1S/C32H20N2O10/c35-27-23-11-1-17(15-25(23)29(37)33-27)31(39)43-21-7-3-19(4-8-21)41-13-14-42-20-5-9-22(10-6-20)44-32(40)18-2-12-24-26(16-18)30(38)34-28(24)36/h1-12,15-16H,13-14H2,(H,33,35,37)(H,34,36,38). The number of hydrogen-bond acceptors (Lipinski definition) is 10. The van der Waals surface area contributed by atoms with Gasteiger partial charge < -0.3 is 18.9 Å². The van der Waals surface area contributed by atoms with Crippen LogP contribution in [-0.2, 0) is 0 Å². The molecule has 2 aliphatic heterocycles. The van der Waals surface area contributed by atoms with Crippen LogP contribution in [0.15, 0.2) is 84.9 Å². The van der Waals surface area contributed by atoms with Gasteiger partial charge in [0.1, 0.15) is 36.2 Å². The van der Waals surface area contributed by atoms with Crippen molar-refractivity contribution in [3.05, 3.63) is 118 Å². The third-order valence-electron chi connectivity index (χ3n) is 6.63. The van der Waals surface area contributed by atoms with Gasteiger partial charge >= 0.3 is 11.9 Å². The molecule has 0 atom stereocenters. The van der Waals surface area contributed by atoms with Gasteiger partial charge in [0.05, 0.1) is 33.4 Å². The summed E-state index contributed by atoms with van der Waals surface area (Å²) in [4.78, 5) is 72.0. The van der Waals surface area contributed by atoms with Gasteiger partial charge in [0.15, 0.2) is 0 Å². The molecule has 2 N–H and O–H groups in total. The fourth-order valence-corrected chi connectivity index (χ4v) is 4.45. The summed E-state index contributed by atoms with van der Waals surface area (Å²) in [6, 6.07) is 20.9. The molecule has 0 bridgehead atoms. The molecule has 0 saturated heterocycles. The number of carbonyl (C=O) groups excluding carboxylic acids is 6. The quantitative estimate of drug-likeness (QED) is 0.128. The van der Waals surface area contributed by atoms with Gasteiger partial charge in [-0.25, -0.2) is 9.59 Å². The molecule has 0 spiro atoms. The summed E-state index contributed by atoms with van der Waals surface area (Å²) in [5, 5.41) is 4.34. The summed E-state index contributed by atoms with van der Waals surface area (Å²) >= 11 is 0. The summed E-state index contributed by atoms with van der Waals surface area (Å²) in [6.45, 7) is 0.417. The minimum Gasteiger partial charge on any atom is -0.490 e. The molecule has 0 aromatic heterocycles. The van der Waals surface area contributed by atoms with Crippen LogP contribution in [0.3, 0.4) is 0 Å². The number of imide groups is 2. The van der Waals surface area contributed by atoms with Gasteiger partial charge in [0.25, 0.3) is 23.6 Å². The molecule has 218 valence electrons. The minimum atomic E-state index is -0.683. The van der Waals surface area contributed by atoms with Crippen LogP contribution in [0.2, 0.25) is 0 Å². The number of nitrogens with one attached hydrogen (secondary N) is 2. The van der Waals surface area contributed by atoms with Crippen molar-refractivity contribution in [3.8, 4) is 23.0 Å². The molecule has 4 amide bonds. The van der Waals surface area contributed by atoms with Gasteiger partial charge in [-0.1, -0.05) is 0 Å². The maximum atomic E-state index is 12.5. The molecule has 4 aromatic carbocycles. The molecule has 0 unspecified atom stereocenters. The first kappa shape index (κ1) is 27.8. The summed E-state index contributed by atoms with van der Waals surface area (Å²) in [5.41, 5.74) is 0.925. The molecule has 0 radical (unpaired) electrons. The first-order chi connectivity index (χ1) is 21.2. The Bertz CT molecular complexity index is 1730. The van der Waals surface area contributed by atoms with Crippen molar-refractivity contribution < 1.29 is 47.7 Å². The monoisotopic (exact) mass is 592 g/mol. The van der Waals surface area contributed by atoms with Crippen LogP contribution in [0.25, 0.3) is 0 Å². The van der Waals surface area contributed by atoms with Crippen molar-refractivity contribution in [2.45, 2.75) is 0 Å². The molecule has 0 fully saturated rings. The lowest BCUT2D eigenvalue weighted by Gasteiger charge is -2.10. The zero-order valence-corrected chi connectivity index (χ0v) is 22.6. The predicted molar refractivity (Wildman–Crippen MR) is 150 cm³/mol. The maximum Gasteiger partial charge on any atom is 0.343 e. The number of fused-ring (bicyclic) bond motifs is 2. The number of carbonyl (C=O) groups is 6. The smallest absolute Gasteiger partial charge is 0.343 e. The Balaban J connectivity index is 0.947. The Morgan fingerprint density at radius 3 is 1.18 bits per heavy atom. The normalized spacial score (nSPS) is 13.0. The number of amides is 4. The molecule has 12 nitrogen and oxygen atoms in total. The van der Waals surface area contributed by atoms with Crippen molar-refractivity contribution in [2.24, 2.45) is 0 Å². The van der Waals surface area contributed by atoms with E-state index in [1.165, 1.54) is 36.4 Å². The lowest BCUT2D eigenvalue weighted by molar-refractivity contribution is 0.0724. The van der Waals surface area contributed by atoms with Crippen LogP contribution in [0.1, 0.15) is 62.1 Å². The highest BCUT2D eigenvalue weighted by Gasteiger charge is 2.29. The highest BCUT2D eigenvalue weighted by molar-refractivity contribution is 6.22. The Labute approximate surface area is 248 Å². The van der Waals surface area contributed by atoms with Crippen molar-refractivity contribution in [2.75, 3.05) is 13.2 Å².